The maximum Gasteiger partial charge on any atom is 0.115 e. The Morgan fingerprint density at radius 2 is 0.968 bits per heavy atom. The molecular formula is C29H28O2. The van der Waals surface area contributed by atoms with Crippen molar-refractivity contribution in [2.24, 2.45) is 0 Å². The van der Waals surface area contributed by atoms with E-state index in [-0.39, 0.29) is 5.75 Å². The van der Waals surface area contributed by atoms with Crippen LogP contribution in [0.2, 0.25) is 0 Å². The van der Waals surface area contributed by atoms with E-state index >= 15 is 0 Å². The van der Waals surface area contributed by atoms with Crippen molar-refractivity contribution >= 4 is 0 Å². The van der Waals surface area contributed by atoms with Gasteiger partial charge in [0.15, 0.2) is 0 Å². The van der Waals surface area contributed by atoms with E-state index < -0.39 is 0 Å². The third-order valence-electron chi connectivity index (χ3n) is 5.75. The second-order valence-electron chi connectivity index (χ2n) is 8.00. The number of aromatic hydroxyl groups is 2. The van der Waals surface area contributed by atoms with Gasteiger partial charge in [-0.3, -0.25) is 0 Å². The van der Waals surface area contributed by atoms with E-state index in [4.69, 9.17) is 0 Å². The lowest BCUT2D eigenvalue weighted by molar-refractivity contribution is 0.475. The Balaban J connectivity index is 1.65. The van der Waals surface area contributed by atoms with Crippen LogP contribution in [0.15, 0.2) is 91.0 Å². The predicted molar refractivity (Wildman–Crippen MR) is 129 cm³/mol. The second-order valence-corrected chi connectivity index (χ2v) is 8.00. The van der Waals surface area contributed by atoms with Crippen LogP contribution in [0.3, 0.4) is 0 Å². The molecule has 4 rings (SSSR count). The van der Waals surface area contributed by atoms with E-state index in [2.05, 4.69) is 49.4 Å². The van der Waals surface area contributed by atoms with Crippen molar-refractivity contribution in [1.82, 2.24) is 0 Å². The lowest BCUT2D eigenvalue weighted by Gasteiger charge is -2.13. The highest BCUT2D eigenvalue weighted by Gasteiger charge is 2.09. The Morgan fingerprint density at radius 3 is 1.52 bits per heavy atom. The first-order chi connectivity index (χ1) is 15.1. The number of phenolic OH excluding ortho intramolecular Hbond substituents is 2. The quantitative estimate of drug-likeness (QED) is 0.306. The van der Waals surface area contributed by atoms with Crippen LogP contribution in [0.5, 0.6) is 11.5 Å². The van der Waals surface area contributed by atoms with Crippen molar-refractivity contribution in [1.29, 1.82) is 0 Å². The van der Waals surface area contributed by atoms with Crippen molar-refractivity contribution in [3.63, 3.8) is 0 Å². The van der Waals surface area contributed by atoms with E-state index in [0.29, 0.717) is 5.75 Å². The molecule has 2 N–H and O–H groups in total. The van der Waals surface area contributed by atoms with Crippen LogP contribution in [-0.2, 0) is 6.42 Å². The standard InChI is InChI=1S/C29H28O2/c1-2-3-4-5-26-20-25(14-19-29(26)24-12-17-28(31)18-13-24)23-8-6-21(7-9-23)22-10-15-27(30)16-11-22/h6-20,30-31H,2-5H2,1H3. The van der Waals surface area contributed by atoms with Crippen LogP contribution in [0, 0.1) is 0 Å². The van der Waals surface area contributed by atoms with Crippen molar-refractivity contribution in [3.05, 3.63) is 96.6 Å². The second kappa shape index (κ2) is 9.53. The molecule has 0 aliphatic carbocycles. The minimum absolute atomic E-state index is 0.282. The fraction of sp³-hybridized carbons (Fsp3) is 0.172. The largest absolute Gasteiger partial charge is 0.508 e. The third kappa shape index (κ3) is 4.97. The molecule has 156 valence electrons. The van der Waals surface area contributed by atoms with E-state index in [1.165, 1.54) is 41.5 Å². The van der Waals surface area contributed by atoms with E-state index in [1.54, 1.807) is 24.3 Å². The molecule has 0 aliphatic heterocycles. The maximum absolute atomic E-state index is 9.64. The molecule has 4 aromatic carbocycles. The summed E-state index contributed by atoms with van der Waals surface area (Å²) in [7, 11) is 0. The van der Waals surface area contributed by atoms with Gasteiger partial charge < -0.3 is 10.2 Å². The highest BCUT2D eigenvalue weighted by molar-refractivity contribution is 5.76. The summed E-state index contributed by atoms with van der Waals surface area (Å²) in [6, 6.07) is 30.1. The third-order valence-corrected chi connectivity index (χ3v) is 5.75. The van der Waals surface area contributed by atoms with Gasteiger partial charge in [-0.2, -0.15) is 0 Å². The Labute approximate surface area is 184 Å². The number of phenols is 2. The monoisotopic (exact) mass is 408 g/mol. The van der Waals surface area contributed by atoms with Gasteiger partial charge >= 0.3 is 0 Å². The molecule has 4 aromatic rings. The maximum atomic E-state index is 9.64. The Hall–Kier alpha value is -3.52. The smallest absolute Gasteiger partial charge is 0.115 e. The van der Waals surface area contributed by atoms with Crippen LogP contribution in [0.1, 0.15) is 31.7 Å². The average molecular weight is 409 g/mol. The lowest BCUT2D eigenvalue weighted by Crippen LogP contribution is -1.92. The molecule has 0 radical (unpaired) electrons. The molecule has 0 saturated heterocycles. The highest BCUT2D eigenvalue weighted by atomic mass is 16.3. The summed E-state index contributed by atoms with van der Waals surface area (Å²) < 4.78 is 0. The Bertz CT molecular complexity index is 1120. The number of unbranched alkanes of at least 4 members (excludes halogenated alkanes) is 2. The molecule has 0 saturated carbocycles. The molecule has 2 heteroatoms. The number of benzene rings is 4. The molecule has 0 aromatic heterocycles. The molecule has 0 heterocycles. The van der Waals surface area contributed by atoms with Gasteiger partial charge in [-0.1, -0.05) is 86.5 Å². The zero-order chi connectivity index (χ0) is 21.6. The molecule has 0 atom stereocenters. The summed E-state index contributed by atoms with van der Waals surface area (Å²) >= 11 is 0. The minimum atomic E-state index is 0.282. The van der Waals surface area contributed by atoms with E-state index in [0.717, 1.165) is 23.1 Å². The SMILES string of the molecule is CCCCCc1cc(-c2ccc(-c3ccc(O)cc3)cc2)ccc1-c1ccc(O)cc1. The van der Waals surface area contributed by atoms with Crippen LogP contribution < -0.4 is 0 Å². The molecule has 0 aliphatic rings. The van der Waals surface area contributed by atoms with Crippen LogP contribution in [0.4, 0.5) is 0 Å². The van der Waals surface area contributed by atoms with Gasteiger partial charge in [-0.15, -0.1) is 0 Å². The Kier molecular flexibility index (Phi) is 6.37. The summed E-state index contributed by atoms with van der Waals surface area (Å²) in [6.07, 6.45) is 4.64. The molecule has 0 unspecified atom stereocenters. The Morgan fingerprint density at radius 1 is 0.516 bits per heavy atom. The van der Waals surface area contributed by atoms with Gasteiger partial charge in [-0.25, -0.2) is 0 Å². The van der Waals surface area contributed by atoms with Gasteiger partial charge in [0.2, 0.25) is 0 Å². The lowest BCUT2D eigenvalue weighted by atomic mass is 9.91. The van der Waals surface area contributed by atoms with Gasteiger partial charge in [0.05, 0.1) is 0 Å². The van der Waals surface area contributed by atoms with Crippen molar-refractivity contribution in [3.8, 4) is 44.9 Å². The number of hydrogen-bond acceptors (Lipinski definition) is 2. The summed E-state index contributed by atoms with van der Waals surface area (Å²) in [4.78, 5) is 0. The van der Waals surface area contributed by atoms with Gasteiger partial charge in [0.25, 0.3) is 0 Å². The van der Waals surface area contributed by atoms with Gasteiger partial charge in [0, 0.05) is 0 Å². The molecule has 0 fully saturated rings. The average Bonchev–Trinajstić information content (AvgIpc) is 2.80. The predicted octanol–water partition coefficient (Wildman–Crippen LogP) is 7.83. The number of aryl methyl sites for hydroxylation is 1. The molecule has 31 heavy (non-hydrogen) atoms. The van der Waals surface area contributed by atoms with Gasteiger partial charge in [0.1, 0.15) is 11.5 Å². The van der Waals surface area contributed by atoms with E-state index in [1.807, 2.05) is 24.3 Å². The summed E-state index contributed by atoms with van der Waals surface area (Å²) in [5.74, 6) is 0.575. The van der Waals surface area contributed by atoms with Crippen LogP contribution >= 0.6 is 0 Å². The zero-order valence-corrected chi connectivity index (χ0v) is 17.9. The zero-order valence-electron chi connectivity index (χ0n) is 17.9. The molecule has 0 spiro atoms. The minimum Gasteiger partial charge on any atom is -0.508 e. The fourth-order valence-corrected chi connectivity index (χ4v) is 3.98. The summed E-state index contributed by atoms with van der Waals surface area (Å²) in [6.45, 7) is 2.23. The number of hydrogen-bond donors (Lipinski definition) is 2. The van der Waals surface area contributed by atoms with E-state index in [9.17, 15) is 10.2 Å². The highest BCUT2D eigenvalue weighted by Crippen LogP contribution is 2.32. The molecular weight excluding hydrogens is 380 g/mol. The molecule has 0 bridgehead atoms. The van der Waals surface area contributed by atoms with Crippen molar-refractivity contribution in [2.45, 2.75) is 32.6 Å². The first-order valence-corrected chi connectivity index (χ1v) is 11.0. The summed E-state index contributed by atoms with van der Waals surface area (Å²) in [5.41, 5.74) is 8.35. The normalized spacial score (nSPS) is 10.9. The first kappa shape index (κ1) is 20.7. The molecule has 0 amide bonds. The first-order valence-electron chi connectivity index (χ1n) is 11.0. The van der Waals surface area contributed by atoms with Crippen LogP contribution in [-0.4, -0.2) is 10.2 Å². The fourth-order valence-electron chi connectivity index (χ4n) is 3.98. The van der Waals surface area contributed by atoms with Crippen molar-refractivity contribution < 1.29 is 10.2 Å². The number of rotatable bonds is 7. The van der Waals surface area contributed by atoms with Crippen LogP contribution in [0.25, 0.3) is 33.4 Å². The topological polar surface area (TPSA) is 40.5 Å². The van der Waals surface area contributed by atoms with Gasteiger partial charge in [-0.05, 0) is 76.1 Å². The molecule has 2 nitrogen and oxygen atoms in total. The summed E-state index contributed by atoms with van der Waals surface area (Å²) in [5, 5.41) is 19.2. The van der Waals surface area contributed by atoms with Crippen molar-refractivity contribution in [2.75, 3.05) is 0 Å².